The molecular weight excluding hydrogens is 250 g/mol. The van der Waals surface area contributed by atoms with Crippen LogP contribution >= 0.6 is 0 Å². The molecule has 104 valence electrons. The number of nitrogens with zero attached hydrogens (tertiary/aromatic N) is 1. The second-order valence-corrected chi connectivity index (χ2v) is 5.06. The molecule has 0 amide bonds. The van der Waals surface area contributed by atoms with Gasteiger partial charge in [-0.1, -0.05) is 31.2 Å². The molecule has 1 unspecified atom stereocenters. The highest BCUT2D eigenvalue weighted by Gasteiger charge is 2.17. The number of rotatable bonds is 5. The highest BCUT2D eigenvalue weighted by atomic mass is 16.4. The van der Waals surface area contributed by atoms with Crippen LogP contribution in [0.15, 0.2) is 42.7 Å². The Bertz CT molecular complexity index is 607. The molecule has 0 saturated heterocycles. The molecule has 0 radical (unpaired) electrons. The largest absolute Gasteiger partial charge is 0.481 e. The summed E-state index contributed by atoms with van der Waals surface area (Å²) < 4.78 is 0. The van der Waals surface area contributed by atoms with Crippen LogP contribution in [0.2, 0.25) is 0 Å². The maximum absolute atomic E-state index is 11.2. The van der Waals surface area contributed by atoms with Gasteiger partial charge in [-0.25, -0.2) is 0 Å². The molecule has 1 aromatic carbocycles. The van der Waals surface area contributed by atoms with Gasteiger partial charge < -0.3 is 5.11 Å². The summed E-state index contributed by atoms with van der Waals surface area (Å²) in [5, 5.41) is 9.23. The molecule has 1 aromatic heterocycles. The minimum atomic E-state index is -0.732. The molecule has 0 bridgehead atoms. The fraction of sp³-hybridized carbons (Fsp3) is 0.294. The molecule has 0 fully saturated rings. The first-order valence-corrected chi connectivity index (χ1v) is 6.84. The monoisotopic (exact) mass is 269 g/mol. The van der Waals surface area contributed by atoms with Gasteiger partial charge in [-0.05, 0) is 42.5 Å². The zero-order chi connectivity index (χ0) is 14.5. The van der Waals surface area contributed by atoms with Crippen molar-refractivity contribution in [1.29, 1.82) is 0 Å². The van der Waals surface area contributed by atoms with Gasteiger partial charge in [-0.3, -0.25) is 9.78 Å². The fourth-order valence-corrected chi connectivity index (χ4v) is 2.35. The maximum atomic E-state index is 11.2. The van der Waals surface area contributed by atoms with Crippen LogP contribution in [0, 0.1) is 12.8 Å². The van der Waals surface area contributed by atoms with Crippen LogP contribution in [-0.2, 0) is 11.2 Å². The lowest BCUT2D eigenvalue weighted by atomic mass is 9.91. The predicted octanol–water partition coefficient (Wildman–Crippen LogP) is 3.71. The molecular formula is C17H19NO2. The molecule has 3 nitrogen and oxygen atoms in total. The van der Waals surface area contributed by atoms with Crippen molar-refractivity contribution in [3.05, 3.63) is 53.9 Å². The Balaban J connectivity index is 2.38. The molecule has 0 spiro atoms. The van der Waals surface area contributed by atoms with Crippen molar-refractivity contribution < 1.29 is 9.90 Å². The third kappa shape index (κ3) is 3.23. The standard InChI is InChI=1S/C17H19NO2/c1-3-13(17(19)20)9-14-6-4-5-7-16(14)15-8-12(2)10-18-11-15/h4-8,10-11,13H,3,9H2,1-2H3,(H,19,20). The maximum Gasteiger partial charge on any atom is 0.306 e. The van der Waals surface area contributed by atoms with E-state index in [4.69, 9.17) is 0 Å². The minimum absolute atomic E-state index is 0.339. The minimum Gasteiger partial charge on any atom is -0.481 e. The van der Waals surface area contributed by atoms with E-state index in [1.54, 1.807) is 0 Å². The lowest BCUT2D eigenvalue weighted by Gasteiger charge is -2.14. The molecule has 0 aliphatic rings. The lowest BCUT2D eigenvalue weighted by Crippen LogP contribution is -2.15. The number of aliphatic carboxylic acids is 1. The zero-order valence-corrected chi connectivity index (χ0v) is 11.8. The van der Waals surface area contributed by atoms with Crippen LogP contribution in [0.25, 0.3) is 11.1 Å². The molecule has 1 atom stereocenters. The quantitative estimate of drug-likeness (QED) is 0.900. The second kappa shape index (κ2) is 6.33. The number of hydrogen-bond donors (Lipinski definition) is 1. The summed E-state index contributed by atoms with van der Waals surface area (Å²) >= 11 is 0. The van der Waals surface area contributed by atoms with E-state index in [0.29, 0.717) is 12.8 Å². The number of aromatic nitrogens is 1. The molecule has 2 rings (SSSR count). The van der Waals surface area contributed by atoms with Gasteiger partial charge in [0.25, 0.3) is 0 Å². The Morgan fingerprint density at radius 2 is 2.05 bits per heavy atom. The first-order chi connectivity index (χ1) is 9.61. The van der Waals surface area contributed by atoms with Gasteiger partial charge in [0, 0.05) is 18.0 Å². The Hall–Kier alpha value is -2.16. The van der Waals surface area contributed by atoms with Gasteiger partial charge in [0.2, 0.25) is 0 Å². The fourth-order valence-electron chi connectivity index (χ4n) is 2.35. The lowest BCUT2D eigenvalue weighted by molar-refractivity contribution is -0.141. The molecule has 2 aromatic rings. The Morgan fingerprint density at radius 3 is 2.70 bits per heavy atom. The predicted molar refractivity (Wildman–Crippen MR) is 79.5 cm³/mol. The van der Waals surface area contributed by atoms with E-state index in [0.717, 1.165) is 22.3 Å². The van der Waals surface area contributed by atoms with E-state index in [1.165, 1.54) is 0 Å². The van der Waals surface area contributed by atoms with Crippen molar-refractivity contribution in [3.63, 3.8) is 0 Å². The number of pyridine rings is 1. The van der Waals surface area contributed by atoms with Crippen LogP contribution in [0.5, 0.6) is 0 Å². The molecule has 0 aliphatic heterocycles. The number of hydrogen-bond acceptors (Lipinski definition) is 2. The summed E-state index contributed by atoms with van der Waals surface area (Å²) in [7, 11) is 0. The van der Waals surface area contributed by atoms with Crippen LogP contribution in [0.4, 0.5) is 0 Å². The molecule has 1 heterocycles. The van der Waals surface area contributed by atoms with Crippen LogP contribution in [0.3, 0.4) is 0 Å². The highest BCUT2D eigenvalue weighted by molar-refractivity contribution is 5.72. The SMILES string of the molecule is CCC(Cc1ccccc1-c1cncc(C)c1)C(=O)O. The Kier molecular flexibility index (Phi) is 4.51. The van der Waals surface area contributed by atoms with Gasteiger partial charge in [0.1, 0.15) is 0 Å². The van der Waals surface area contributed by atoms with E-state index < -0.39 is 5.97 Å². The zero-order valence-electron chi connectivity index (χ0n) is 11.8. The molecule has 20 heavy (non-hydrogen) atoms. The van der Waals surface area contributed by atoms with Gasteiger partial charge >= 0.3 is 5.97 Å². The van der Waals surface area contributed by atoms with Crippen LogP contribution < -0.4 is 0 Å². The van der Waals surface area contributed by atoms with Gasteiger partial charge in [0.15, 0.2) is 0 Å². The van der Waals surface area contributed by atoms with E-state index >= 15 is 0 Å². The topological polar surface area (TPSA) is 50.2 Å². The summed E-state index contributed by atoms with van der Waals surface area (Å²) in [6.45, 7) is 3.92. The number of aryl methyl sites for hydroxylation is 1. The first kappa shape index (κ1) is 14.3. The van der Waals surface area contributed by atoms with Gasteiger partial charge in [0.05, 0.1) is 5.92 Å². The molecule has 0 aliphatic carbocycles. The van der Waals surface area contributed by atoms with Crippen molar-refractivity contribution in [2.24, 2.45) is 5.92 Å². The molecule has 1 N–H and O–H groups in total. The number of carboxylic acids is 1. The van der Waals surface area contributed by atoms with Crippen molar-refractivity contribution in [3.8, 4) is 11.1 Å². The second-order valence-electron chi connectivity index (χ2n) is 5.06. The summed E-state index contributed by atoms with van der Waals surface area (Å²) in [6.07, 6.45) is 4.83. The first-order valence-electron chi connectivity index (χ1n) is 6.84. The summed E-state index contributed by atoms with van der Waals surface area (Å²) in [5.41, 5.74) is 4.28. The van der Waals surface area contributed by atoms with E-state index in [-0.39, 0.29) is 5.92 Å². The Labute approximate surface area is 119 Å². The summed E-state index contributed by atoms with van der Waals surface area (Å²) in [4.78, 5) is 15.4. The van der Waals surface area contributed by atoms with Crippen molar-refractivity contribution in [1.82, 2.24) is 4.98 Å². The Morgan fingerprint density at radius 1 is 1.30 bits per heavy atom. The van der Waals surface area contributed by atoms with Crippen LogP contribution in [-0.4, -0.2) is 16.1 Å². The van der Waals surface area contributed by atoms with E-state index in [1.807, 2.05) is 50.5 Å². The van der Waals surface area contributed by atoms with E-state index in [9.17, 15) is 9.90 Å². The smallest absolute Gasteiger partial charge is 0.306 e. The summed E-state index contributed by atoms with van der Waals surface area (Å²) in [5.74, 6) is -1.07. The average molecular weight is 269 g/mol. The third-order valence-corrected chi connectivity index (χ3v) is 3.51. The third-order valence-electron chi connectivity index (χ3n) is 3.51. The number of carboxylic acid groups (broad SMARTS) is 1. The highest BCUT2D eigenvalue weighted by Crippen LogP contribution is 2.26. The summed E-state index contributed by atoms with van der Waals surface area (Å²) in [6, 6.07) is 10.0. The van der Waals surface area contributed by atoms with E-state index in [2.05, 4.69) is 11.1 Å². The normalized spacial score (nSPS) is 12.1. The van der Waals surface area contributed by atoms with Crippen molar-refractivity contribution in [2.75, 3.05) is 0 Å². The van der Waals surface area contributed by atoms with Crippen molar-refractivity contribution in [2.45, 2.75) is 26.7 Å². The molecule has 3 heteroatoms. The van der Waals surface area contributed by atoms with Gasteiger partial charge in [-0.2, -0.15) is 0 Å². The number of benzene rings is 1. The van der Waals surface area contributed by atoms with Crippen LogP contribution in [0.1, 0.15) is 24.5 Å². The average Bonchev–Trinajstić information content (AvgIpc) is 2.44. The molecule has 0 saturated carbocycles. The van der Waals surface area contributed by atoms with Crippen molar-refractivity contribution >= 4 is 5.97 Å². The van der Waals surface area contributed by atoms with Gasteiger partial charge in [-0.15, -0.1) is 0 Å². The number of carbonyl (C=O) groups is 1.